The van der Waals surface area contributed by atoms with Crippen molar-refractivity contribution in [2.75, 3.05) is 31.5 Å². The summed E-state index contributed by atoms with van der Waals surface area (Å²) in [7, 11) is -3.34. The van der Waals surface area contributed by atoms with E-state index in [4.69, 9.17) is 11.6 Å². The van der Waals surface area contributed by atoms with Gasteiger partial charge in [0.15, 0.2) is 9.84 Å². The van der Waals surface area contributed by atoms with Gasteiger partial charge in [-0.3, -0.25) is 9.59 Å². The third kappa shape index (κ3) is 5.00. The number of hydrogen-bond donors (Lipinski definition) is 2. The van der Waals surface area contributed by atoms with Gasteiger partial charge >= 0.3 is 11.8 Å². The predicted molar refractivity (Wildman–Crippen MR) is 114 cm³/mol. The first kappa shape index (κ1) is 22.3. The number of amides is 2. The van der Waals surface area contributed by atoms with Crippen molar-refractivity contribution in [1.82, 2.24) is 20.0 Å². The predicted octanol–water partition coefficient (Wildman–Crippen LogP) is 1.35. The number of hydrogen-bond acceptors (Lipinski definition) is 6. The lowest BCUT2D eigenvalue weighted by Crippen LogP contribution is -2.40. The number of aromatic nitrogens is 2. The number of halogens is 1. The maximum atomic E-state index is 12.5. The summed E-state index contributed by atoms with van der Waals surface area (Å²) in [4.78, 5) is 26.8. The highest BCUT2D eigenvalue weighted by molar-refractivity contribution is 7.90. The van der Waals surface area contributed by atoms with Crippen molar-refractivity contribution in [3.63, 3.8) is 0 Å². The molecule has 2 N–H and O–H groups in total. The zero-order chi connectivity index (χ0) is 21.9. The molecular weight excluding hydrogens is 430 g/mol. The number of fused-ring (bicyclic) bond motifs is 1. The van der Waals surface area contributed by atoms with Crippen molar-refractivity contribution in [2.24, 2.45) is 0 Å². The van der Waals surface area contributed by atoms with E-state index in [0.29, 0.717) is 35.1 Å². The Hall–Kier alpha value is -2.43. The lowest BCUT2D eigenvalue weighted by atomic mass is 10.2. The highest BCUT2D eigenvalue weighted by Gasteiger charge is 2.33. The second-order valence-electron chi connectivity index (χ2n) is 6.93. The minimum atomic E-state index is -3.34. The maximum absolute atomic E-state index is 12.5. The van der Waals surface area contributed by atoms with Crippen LogP contribution in [0.2, 0.25) is 5.02 Å². The molecule has 11 heteroatoms. The smallest absolute Gasteiger partial charge is 0.314 e. The number of nitrogens with zero attached hydrogens (tertiary/aromatic N) is 3. The molecule has 0 fully saturated rings. The Bertz CT molecular complexity index is 1060. The van der Waals surface area contributed by atoms with Gasteiger partial charge in [-0.05, 0) is 31.3 Å². The van der Waals surface area contributed by atoms with Gasteiger partial charge in [-0.15, -0.1) is 0 Å². The second-order valence-corrected chi connectivity index (χ2v) is 9.44. The topological polar surface area (TPSA) is 113 Å². The molecule has 1 aliphatic heterocycles. The number of carbonyl (C=O) groups excluding carboxylic acids is 2. The van der Waals surface area contributed by atoms with E-state index in [1.807, 2.05) is 13.8 Å². The zero-order valence-corrected chi connectivity index (χ0v) is 18.4. The summed E-state index contributed by atoms with van der Waals surface area (Å²) in [5.74, 6) is -1.98. The highest BCUT2D eigenvalue weighted by Crippen LogP contribution is 2.33. The van der Waals surface area contributed by atoms with Gasteiger partial charge < -0.3 is 15.5 Å². The number of nitrogens with one attached hydrogen (secondary N) is 2. The molecule has 0 unspecified atom stereocenters. The van der Waals surface area contributed by atoms with Crippen LogP contribution < -0.4 is 10.6 Å². The van der Waals surface area contributed by atoms with Gasteiger partial charge in [0.1, 0.15) is 5.82 Å². The van der Waals surface area contributed by atoms with Crippen molar-refractivity contribution in [2.45, 2.75) is 25.4 Å². The molecule has 2 aromatic rings. The average Bonchev–Trinajstić information content (AvgIpc) is 3.17. The first-order chi connectivity index (χ1) is 14.2. The van der Waals surface area contributed by atoms with E-state index >= 15 is 0 Å². The van der Waals surface area contributed by atoms with Crippen molar-refractivity contribution in [3.05, 3.63) is 40.5 Å². The van der Waals surface area contributed by atoms with E-state index in [1.54, 1.807) is 24.3 Å². The van der Waals surface area contributed by atoms with E-state index in [1.165, 1.54) is 4.68 Å². The second kappa shape index (κ2) is 9.15. The Kier molecular flexibility index (Phi) is 6.79. The van der Waals surface area contributed by atoms with Gasteiger partial charge in [0.2, 0.25) is 0 Å². The molecule has 1 aromatic heterocycles. The third-order valence-corrected chi connectivity index (χ3v) is 6.56. The quantitative estimate of drug-likeness (QED) is 0.612. The minimum absolute atomic E-state index is 0.164. The fourth-order valence-corrected chi connectivity index (χ4v) is 4.96. The minimum Gasteiger partial charge on any atom is -0.347 e. The summed E-state index contributed by atoms with van der Waals surface area (Å²) in [5.41, 5.74) is 1.29. The summed E-state index contributed by atoms with van der Waals surface area (Å²) in [6, 6.07) is 6.77. The number of sulfone groups is 1. The lowest BCUT2D eigenvalue weighted by molar-refractivity contribution is -0.136. The van der Waals surface area contributed by atoms with Crippen molar-refractivity contribution < 1.29 is 18.0 Å². The molecule has 1 aromatic carbocycles. The number of benzene rings is 1. The van der Waals surface area contributed by atoms with Crippen LogP contribution in [0, 0.1) is 0 Å². The third-order valence-electron chi connectivity index (χ3n) is 4.89. The average molecular weight is 454 g/mol. The Balaban J connectivity index is 1.81. The van der Waals surface area contributed by atoms with Crippen LogP contribution in [0.3, 0.4) is 0 Å². The van der Waals surface area contributed by atoms with Crippen LogP contribution in [-0.2, 0) is 30.9 Å². The van der Waals surface area contributed by atoms with Gasteiger partial charge in [0.25, 0.3) is 0 Å². The van der Waals surface area contributed by atoms with E-state index < -0.39 is 21.7 Å². The van der Waals surface area contributed by atoms with Gasteiger partial charge in [0.05, 0.1) is 22.9 Å². The molecule has 0 spiro atoms. The van der Waals surface area contributed by atoms with Gasteiger partial charge in [0, 0.05) is 23.7 Å². The van der Waals surface area contributed by atoms with Gasteiger partial charge in [-0.25, -0.2) is 13.1 Å². The molecule has 30 heavy (non-hydrogen) atoms. The molecule has 1 aliphatic rings. The first-order valence-electron chi connectivity index (χ1n) is 9.62. The fraction of sp³-hybridized carbons (Fsp3) is 0.421. The molecule has 0 saturated carbocycles. The standard InChI is InChI=1S/C19H24ClN5O4S/c1-3-24(4-2)9-8-21-18(26)19(27)22-17-15-11-30(28,29)12-16(15)23-25(17)14-7-5-6-13(20)10-14/h5-7,10H,3-4,8-9,11-12H2,1-2H3,(H,21,26)(H,22,27). The van der Waals surface area contributed by atoms with Gasteiger partial charge in [-0.2, -0.15) is 5.10 Å². The number of anilines is 1. The summed E-state index contributed by atoms with van der Waals surface area (Å²) in [6.07, 6.45) is 0. The molecule has 0 aliphatic carbocycles. The Labute approximate surface area is 180 Å². The molecule has 2 amide bonds. The SMILES string of the molecule is CCN(CC)CCNC(=O)C(=O)Nc1c2c(nn1-c1cccc(Cl)c1)CS(=O)(=O)C2. The molecule has 2 heterocycles. The molecule has 9 nitrogen and oxygen atoms in total. The van der Waals surface area contributed by atoms with Crippen molar-refractivity contribution in [1.29, 1.82) is 0 Å². The summed E-state index contributed by atoms with van der Waals surface area (Å²) < 4.78 is 25.4. The van der Waals surface area contributed by atoms with Gasteiger partial charge in [-0.1, -0.05) is 31.5 Å². The van der Waals surface area contributed by atoms with E-state index in [-0.39, 0.29) is 17.3 Å². The first-order valence-corrected chi connectivity index (χ1v) is 11.8. The molecule has 162 valence electrons. The number of likely N-dealkylation sites (N-methyl/N-ethyl adjacent to an activating group) is 1. The lowest BCUT2D eigenvalue weighted by Gasteiger charge is -2.17. The Morgan fingerprint density at radius 1 is 1.20 bits per heavy atom. The van der Waals surface area contributed by atoms with Crippen LogP contribution in [-0.4, -0.2) is 61.1 Å². The molecule has 0 saturated heterocycles. The van der Waals surface area contributed by atoms with Crippen LogP contribution in [0.5, 0.6) is 0 Å². The Morgan fingerprint density at radius 3 is 2.60 bits per heavy atom. The molecule has 0 radical (unpaired) electrons. The number of rotatable bonds is 7. The Morgan fingerprint density at radius 2 is 1.93 bits per heavy atom. The zero-order valence-electron chi connectivity index (χ0n) is 16.8. The highest BCUT2D eigenvalue weighted by atomic mass is 35.5. The van der Waals surface area contributed by atoms with Crippen LogP contribution in [0.1, 0.15) is 25.1 Å². The largest absolute Gasteiger partial charge is 0.347 e. The van der Waals surface area contributed by atoms with Crippen LogP contribution in [0.15, 0.2) is 24.3 Å². The normalized spacial score (nSPS) is 14.5. The fourth-order valence-electron chi connectivity index (χ4n) is 3.28. The van der Waals surface area contributed by atoms with Crippen molar-refractivity contribution in [3.8, 4) is 5.69 Å². The molecular formula is C19H24ClN5O4S. The summed E-state index contributed by atoms with van der Waals surface area (Å²) in [5, 5.41) is 9.93. The molecule has 0 bridgehead atoms. The van der Waals surface area contributed by atoms with E-state index in [0.717, 1.165) is 13.1 Å². The summed E-state index contributed by atoms with van der Waals surface area (Å²) in [6.45, 7) is 6.68. The maximum Gasteiger partial charge on any atom is 0.314 e. The van der Waals surface area contributed by atoms with Crippen LogP contribution in [0.4, 0.5) is 5.82 Å². The van der Waals surface area contributed by atoms with E-state index in [2.05, 4.69) is 20.6 Å². The van der Waals surface area contributed by atoms with Crippen LogP contribution >= 0.6 is 11.6 Å². The van der Waals surface area contributed by atoms with Crippen molar-refractivity contribution >= 4 is 39.1 Å². The monoisotopic (exact) mass is 453 g/mol. The van der Waals surface area contributed by atoms with E-state index in [9.17, 15) is 18.0 Å². The summed E-state index contributed by atoms with van der Waals surface area (Å²) >= 11 is 6.06. The molecule has 3 rings (SSSR count). The number of carbonyl (C=O) groups is 2. The molecule has 0 atom stereocenters. The van der Waals surface area contributed by atoms with Crippen LogP contribution in [0.25, 0.3) is 5.69 Å².